The molecule has 1 N–H and O–H groups in total. The molecule has 0 saturated heterocycles. The molecule has 2 aromatic rings. The SMILES string of the molecule is CC(OCc1ccc(C=CC(=O)O)s1)c1ccccc1. The summed E-state index contributed by atoms with van der Waals surface area (Å²) < 4.78 is 5.82. The molecule has 0 aliphatic carbocycles. The maximum absolute atomic E-state index is 10.4. The fourth-order valence-corrected chi connectivity index (χ4v) is 2.58. The summed E-state index contributed by atoms with van der Waals surface area (Å²) in [5.41, 5.74) is 1.15. The molecule has 104 valence electrons. The van der Waals surface area contributed by atoms with Gasteiger partial charge in [0.1, 0.15) is 0 Å². The molecule has 0 aliphatic rings. The number of carboxylic acids is 1. The van der Waals surface area contributed by atoms with Crippen molar-refractivity contribution < 1.29 is 14.6 Å². The number of ether oxygens (including phenoxy) is 1. The van der Waals surface area contributed by atoms with Crippen molar-refractivity contribution in [3.8, 4) is 0 Å². The van der Waals surface area contributed by atoms with E-state index in [1.807, 2.05) is 49.4 Å². The molecule has 0 radical (unpaired) electrons. The van der Waals surface area contributed by atoms with Crippen LogP contribution in [0.2, 0.25) is 0 Å². The number of hydrogen-bond acceptors (Lipinski definition) is 3. The molecule has 1 heterocycles. The van der Waals surface area contributed by atoms with Gasteiger partial charge >= 0.3 is 5.97 Å². The van der Waals surface area contributed by atoms with Crippen LogP contribution in [0.1, 0.15) is 28.3 Å². The van der Waals surface area contributed by atoms with Crippen LogP contribution >= 0.6 is 11.3 Å². The fourth-order valence-electron chi connectivity index (χ4n) is 1.74. The predicted molar refractivity (Wildman–Crippen MR) is 80.6 cm³/mol. The minimum absolute atomic E-state index is 0.0383. The lowest BCUT2D eigenvalue weighted by Gasteiger charge is -2.12. The van der Waals surface area contributed by atoms with Gasteiger partial charge in [0, 0.05) is 15.8 Å². The molecule has 3 nitrogen and oxygen atoms in total. The highest BCUT2D eigenvalue weighted by atomic mass is 32.1. The van der Waals surface area contributed by atoms with Crippen LogP contribution < -0.4 is 0 Å². The second-order valence-electron chi connectivity index (χ2n) is 4.34. The lowest BCUT2D eigenvalue weighted by atomic mass is 10.1. The summed E-state index contributed by atoms with van der Waals surface area (Å²) in [6.45, 7) is 2.55. The first-order chi connectivity index (χ1) is 9.65. The molecule has 0 amide bonds. The van der Waals surface area contributed by atoms with Gasteiger partial charge in [-0.15, -0.1) is 11.3 Å². The highest BCUT2D eigenvalue weighted by molar-refractivity contribution is 7.12. The van der Waals surface area contributed by atoms with Crippen LogP contribution in [-0.2, 0) is 16.1 Å². The van der Waals surface area contributed by atoms with E-state index >= 15 is 0 Å². The van der Waals surface area contributed by atoms with Crippen LogP contribution in [0.25, 0.3) is 6.08 Å². The lowest BCUT2D eigenvalue weighted by molar-refractivity contribution is -0.131. The molecular formula is C16H16O3S. The third-order valence-corrected chi connectivity index (χ3v) is 3.84. The zero-order valence-electron chi connectivity index (χ0n) is 11.2. The van der Waals surface area contributed by atoms with Crippen molar-refractivity contribution in [1.29, 1.82) is 0 Å². The lowest BCUT2D eigenvalue weighted by Crippen LogP contribution is -1.98. The molecule has 1 atom stereocenters. The highest BCUT2D eigenvalue weighted by Gasteiger charge is 2.06. The first-order valence-electron chi connectivity index (χ1n) is 6.31. The van der Waals surface area contributed by atoms with Crippen molar-refractivity contribution >= 4 is 23.4 Å². The molecule has 1 aromatic heterocycles. The normalized spacial score (nSPS) is 12.7. The third-order valence-electron chi connectivity index (χ3n) is 2.82. The van der Waals surface area contributed by atoms with Crippen LogP contribution in [0.4, 0.5) is 0 Å². The van der Waals surface area contributed by atoms with E-state index in [4.69, 9.17) is 9.84 Å². The summed E-state index contributed by atoms with van der Waals surface area (Å²) in [4.78, 5) is 12.4. The van der Waals surface area contributed by atoms with Crippen molar-refractivity contribution in [2.45, 2.75) is 19.6 Å². The summed E-state index contributed by atoms with van der Waals surface area (Å²) in [6, 6.07) is 13.9. The minimum atomic E-state index is -0.936. The Morgan fingerprint density at radius 2 is 2.05 bits per heavy atom. The van der Waals surface area contributed by atoms with E-state index in [1.165, 1.54) is 11.3 Å². The maximum Gasteiger partial charge on any atom is 0.328 e. The van der Waals surface area contributed by atoms with E-state index in [0.29, 0.717) is 6.61 Å². The van der Waals surface area contributed by atoms with Gasteiger partial charge < -0.3 is 9.84 Å². The Morgan fingerprint density at radius 1 is 1.30 bits per heavy atom. The molecule has 0 aliphatic heterocycles. The van der Waals surface area contributed by atoms with Crippen molar-refractivity contribution in [2.75, 3.05) is 0 Å². The second-order valence-corrected chi connectivity index (χ2v) is 5.54. The van der Waals surface area contributed by atoms with Crippen LogP contribution in [0.15, 0.2) is 48.5 Å². The zero-order valence-corrected chi connectivity index (χ0v) is 12.0. The van der Waals surface area contributed by atoms with Gasteiger partial charge in [-0.05, 0) is 30.7 Å². The Hall–Kier alpha value is -1.91. The van der Waals surface area contributed by atoms with Crippen LogP contribution in [0.3, 0.4) is 0 Å². The van der Waals surface area contributed by atoms with Gasteiger partial charge in [0.2, 0.25) is 0 Å². The molecule has 0 saturated carbocycles. The summed E-state index contributed by atoms with van der Waals surface area (Å²) in [6.07, 6.45) is 2.77. The molecular weight excluding hydrogens is 272 g/mol. The number of rotatable bonds is 6. The number of carboxylic acid groups (broad SMARTS) is 1. The Labute approximate surface area is 122 Å². The van der Waals surface area contributed by atoms with Crippen molar-refractivity contribution in [3.63, 3.8) is 0 Å². The van der Waals surface area contributed by atoms with Crippen molar-refractivity contribution in [2.24, 2.45) is 0 Å². The maximum atomic E-state index is 10.4. The van der Waals surface area contributed by atoms with Gasteiger partial charge in [0.05, 0.1) is 12.7 Å². The molecule has 1 aromatic carbocycles. The fraction of sp³-hybridized carbons (Fsp3) is 0.188. The molecule has 0 bridgehead atoms. The van der Waals surface area contributed by atoms with E-state index in [-0.39, 0.29) is 6.10 Å². The average molecular weight is 288 g/mol. The molecule has 2 rings (SSSR count). The average Bonchev–Trinajstić information content (AvgIpc) is 2.91. The summed E-state index contributed by atoms with van der Waals surface area (Å²) in [5, 5.41) is 8.58. The van der Waals surface area contributed by atoms with Gasteiger partial charge in [-0.3, -0.25) is 0 Å². The largest absolute Gasteiger partial charge is 0.478 e. The topological polar surface area (TPSA) is 46.5 Å². The first kappa shape index (κ1) is 14.5. The molecule has 0 spiro atoms. The number of benzene rings is 1. The van der Waals surface area contributed by atoms with Gasteiger partial charge in [0.25, 0.3) is 0 Å². The smallest absolute Gasteiger partial charge is 0.328 e. The Bertz CT molecular complexity index is 587. The van der Waals surface area contributed by atoms with Crippen molar-refractivity contribution in [3.05, 3.63) is 63.9 Å². The number of carbonyl (C=O) groups is 1. The van der Waals surface area contributed by atoms with Crippen LogP contribution in [-0.4, -0.2) is 11.1 Å². The summed E-state index contributed by atoms with van der Waals surface area (Å²) in [5.74, 6) is -0.936. The molecule has 1 unspecified atom stereocenters. The van der Waals surface area contributed by atoms with Gasteiger partial charge in [-0.2, -0.15) is 0 Å². The van der Waals surface area contributed by atoms with Gasteiger partial charge in [0.15, 0.2) is 0 Å². The van der Waals surface area contributed by atoms with E-state index in [9.17, 15) is 4.79 Å². The first-order valence-corrected chi connectivity index (χ1v) is 7.13. The highest BCUT2D eigenvalue weighted by Crippen LogP contribution is 2.22. The molecule has 20 heavy (non-hydrogen) atoms. The van der Waals surface area contributed by atoms with Crippen molar-refractivity contribution in [1.82, 2.24) is 0 Å². The zero-order chi connectivity index (χ0) is 14.4. The number of thiophene rings is 1. The Balaban J connectivity index is 1.90. The Morgan fingerprint density at radius 3 is 2.75 bits per heavy atom. The van der Waals surface area contributed by atoms with Crippen LogP contribution in [0, 0.1) is 0 Å². The quantitative estimate of drug-likeness (QED) is 0.813. The number of hydrogen-bond donors (Lipinski definition) is 1. The minimum Gasteiger partial charge on any atom is -0.478 e. The number of aliphatic carboxylic acids is 1. The predicted octanol–water partition coefficient (Wildman–Crippen LogP) is 4.12. The van der Waals surface area contributed by atoms with E-state index < -0.39 is 5.97 Å². The van der Waals surface area contributed by atoms with Crippen LogP contribution in [0.5, 0.6) is 0 Å². The Kier molecular flexibility index (Phi) is 5.09. The third kappa shape index (κ3) is 4.33. The monoisotopic (exact) mass is 288 g/mol. The molecule has 4 heteroatoms. The molecule has 0 fully saturated rings. The summed E-state index contributed by atoms with van der Waals surface area (Å²) in [7, 11) is 0. The standard InChI is InChI=1S/C16H16O3S/c1-12(13-5-3-2-4-6-13)19-11-15-8-7-14(20-15)9-10-16(17)18/h2-10,12H,11H2,1H3,(H,17,18). The van der Waals surface area contributed by atoms with Gasteiger partial charge in [-0.25, -0.2) is 4.79 Å². The second kappa shape index (κ2) is 7.03. The van der Waals surface area contributed by atoms with E-state index in [2.05, 4.69) is 0 Å². The van der Waals surface area contributed by atoms with Gasteiger partial charge in [-0.1, -0.05) is 30.3 Å². The summed E-state index contributed by atoms with van der Waals surface area (Å²) >= 11 is 1.54. The van der Waals surface area contributed by atoms with E-state index in [1.54, 1.807) is 6.08 Å². The van der Waals surface area contributed by atoms with E-state index in [0.717, 1.165) is 21.4 Å².